The molecule has 0 spiro atoms. The van der Waals surface area contributed by atoms with Crippen molar-refractivity contribution in [2.24, 2.45) is 5.41 Å². The third-order valence-corrected chi connectivity index (χ3v) is 6.62. The summed E-state index contributed by atoms with van der Waals surface area (Å²) >= 11 is 1.06. The quantitative estimate of drug-likeness (QED) is 0.899. The molecule has 0 aliphatic carbocycles. The van der Waals surface area contributed by atoms with E-state index in [0.29, 0.717) is 25.8 Å². The van der Waals surface area contributed by atoms with E-state index in [4.69, 9.17) is 0 Å². The number of nitrogens with one attached hydrogen (secondary N) is 1. The van der Waals surface area contributed by atoms with Gasteiger partial charge < -0.3 is 4.90 Å². The summed E-state index contributed by atoms with van der Waals surface area (Å²) in [7, 11) is -3.83. The molecule has 1 aromatic rings. The fraction of sp³-hybridized carbons (Fsp3) is 0.571. The lowest BCUT2D eigenvalue weighted by Gasteiger charge is -2.39. The second-order valence-corrected chi connectivity index (χ2v) is 8.56. The lowest BCUT2D eigenvalue weighted by atomic mass is 9.81. The molecule has 8 heteroatoms. The molecule has 1 aliphatic rings. The lowest BCUT2D eigenvalue weighted by molar-refractivity contribution is -0.139. The van der Waals surface area contributed by atoms with Crippen molar-refractivity contribution < 1.29 is 18.0 Å². The Balaban J connectivity index is 2.12. The zero-order valence-electron chi connectivity index (χ0n) is 12.7. The van der Waals surface area contributed by atoms with Gasteiger partial charge in [-0.1, -0.05) is 13.0 Å². The van der Waals surface area contributed by atoms with Crippen LogP contribution in [0.4, 0.5) is 0 Å². The molecule has 1 fully saturated rings. The van der Waals surface area contributed by atoms with Gasteiger partial charge in [-0.25, -0.2) is 13.1 Å². The maximum absolute atomic E-state index is 12.5. The molecule has 1 saturated heterocycles. The number of rotatable bonds is 4. The first-order valence-corrected chi connectivity index (χ1v) is 9.53. The largest absolute Gasteiger partial charge is 0.342 e. The second kappa shape index (κ2) is 6.37. The number of amides is 2. The van der Waals surface area contributed by atoms with Crippen LogP contribution < -0.4 is 4.72 Å². The Morgan fingerprint density at radius 3 is 2.77 bits per heavy atom. The summed E-state index contributed by atoms with van der Waals surface area (Å²) in [6, 6.07) is 3.07. The van der Waals surface area contributed by atoms with Crippen LogP contribution in [0.5, 0.6) is 0 Å². The number of nitrogens with zero attached hydrogens (tertiary/aromatic N) is 1. The first-order chi connectivity index (χ1) is 10.3. The summed E-state index contributed by atoms with van der Waals surface area (Å²) in [5.74, 6) is -0.561. The summed E-state index contributed by atoms with van der Waals surface area (Å²) in [4.78, 5) is 25.9. The molecule has 2 heterocycles. The molecule has 1 unspecified atom stereocenters. The van der Waals surface area contributed by atoms with Crippen LogP contribution >= 0.6 is 11.3 Å². The highest BCUT2D eigenvalue weighted by Crippen LogP contribution is 2.31. The minimum Gasteiger partial charge on any atom is -0.342 e. The first kappa shape index (κ1) is 17.0. The van der Waals surface area contributed by atoms with Crippen molar-refractivity contribution >= 4 is 33.2 Å². The zero-order chi connectivity index (χ0) is 16.4. The summed E-state index contributed by atoms with van der Waals surface area (Å²) < 4.78 is 26.6. The zero-order valence-corrected chi connectivity index (χ0v) is 14.3. The predicted octanol–water partition coefficient (Wildman–Crippen LogP) is 1.59. The van der Waals surface area contributed by atoms with Gasteiger partial charge in [-0.2, -0.15) is 0 Å². The van der Waals surface area contributed by atoms with E-state index in [1.165, 1.54) is 6.07 Å². The molecule has 2 rings (SSSR count). The van der Waals surface area contributed by atoms with Gasteiger partial charge in [0.05, 0.1) is 5.41 Å². The lowest BCUT2D eigenvalue weighted by Crippen LogP contribution is -2.52. The van der Waals surface area contributed by atoms with Gasteiger partial charge in [0.25, 0.3) is 10.0 Å². The minimum atomic E-state index is -3.83. The Hall–Kier alpha value is -1.41. The number of carbonyl (C=O) groups excluding carboxylic acids is 2. The van der Waals surface area contributed by atoms with E-state index in [0.717, 1.165) is 11.3 Å². The van der Waals surface area contributed by atoms with Gasteiger partial charge >= 0.3 is 0 Å². The van der Waals surface area contributed by atoms with E-state index in [1.807, 2.05) is 0 Å². The van der Waals surface area contributed by atoms with Crippen LogP contribution in [0.3, 0.4) is 0 Å². The van der Waals surface area contributed by atoms with Crippen LogP contribution in [0.2, 0.25) is 0 Å². The highest BCUT2D eigenvalue weighted by Gasteiger charge is 2.40. The Bertz CT molecular complexity index is 654. The van der Waals surface area contributed by atoms with Crippen molar-refractivity contribution in [3.8, 4) is 0 Å². The molecule has 0 radical (unpaired) electrons. The monoisotopic (exact) mass is 344 g/mol. The number of piperidine rings is 1. The Kier molecular flexibility index (Phi) is 4.91. The molecule has 1 atom stereocenters. The van der Waals surface area contributed by atoms with Crippen molar-refractivity contribution in [1.82, 2.24) is 9.62 Å². The first-order valence-electron chi connectivity index (χ1n) is 7.17. The highest BCUT2D eigenvalue weighted by atomic mass is 32.2. The van der Waals surface area contributed by atoms with Gasteiger partial charge in [-0.05, 0) is 31.2 Å². The minimum absolute atomic E-state index is 0.0140. The number of hydrogen-bond acceptors (Lipinski definition) is 5. The number of carbonyl (C=O) groups is 2. The average molecular weight is 344 g/mol. The standard InChI is InChI=1S/C14H20N2O4S2/c1-3-11(17)16-8-5-7-14(2,10-16)13(18)15-22(19,20)12-6-4-9-21-12/h4,6,9H,3,5,7-8,10H2,1-2H3,(H,15,18). The van der Waals surface area contributed by atoms with Gasteiger partial charge in [0, 0.05) is 19.5 Å². The van der Waals surface area contributed by atoms with E-state index in [9.17, 15) is 18.0 Å². The Morgan fingerprint density at radius 1 is 1.45 bits per heavy atom. The third kappa shape index (κ3) is 3.49. The number of sulfonamides is 1. The maximum Gasteiger partial charge on any atom is 0.273 e. The molecule has 1 aromatic heterocycles. The van der Waals surface area contributed by atoms with Crippen LogP contribution in [0.1, 0.15) is 33.1 Å². The molecule has 1 N–H and O–H groups in total. The van der Waals surface area contributed by atoms with Crippen molar-refractivity contribution in [3.05, 3.63) is 17.5 Å². The van der Waals surface area contributed by atoms with Crippen molar-refractivity contribution in [2.75, 3.05) is 13.1 Å². The van der Waals surface area contributed by atoms with Gasteiger partial charge in [0.1, 0.15) is 4.21 Å². The Labute approximate surface area is 134 Å². The summed E-state index contributed by atoms with van der Waals surface area (Å²) in [5, 5.41) is 1.64. The van der Waals surface area contributed by atoms with Gasteiger partial charge in [-0.3, -0.25) is 9.59 Å². The third-order valence-electron chi connectivity index (χ3n) is 3.89. The van der Waals surface area contributed by atoms with E-state index in [2.05, 4.69) is 4.72 Å². The van der Waals surface area contributed by atoms with Gasteiger partial charge in [0.2, 0.25) is 11.8 Å². The summed E-state index contributed by atoms with van der Waals surface area (Å²) in [6.07, 6.45) is 1.63. The summed E-state index contributed by atoms with van der Waals surface area (Å²) in [6.45, 7) is 4.36. The normalized spacial score (nSPS) is 22.4. The van der Waals surface area contributed by atoms with E-state index >= 15 is 0 Å². The van der Waals surface area contributed by atoms with Crippen LogP contribution in [0, 0.1) is 5.41 Å². The van der Waals surface area contributed by atoms with Crippen LogP contribution in [-0.4, -0.2) is 38.2 Å². The predicted molar refractivity (Wildman–Crippen MR) is 83.9 cm³/mol. The topological polar surface area (TPSA) is 83.6 Å². The van der Waals surface area contributed by atoms with Crippen molar-refractivity contribution in [2.45, 2.75) is 37.3 Å². The fourth-order valence-corrected chi connectivity index (χ4v) is 4.67. The van der Waals surface area contributed by atoms with Crippen LogP contribution in [0.15, 0.2) is 21.7 Å². The fourth-order valence-electron chi connectivity index (χ4n) is 2.57. The number of likely N-dealkylation sites (tertiary alicyclic amines) is 1. The molecule has 1 aliphatic heterocycles. The Morgan fingerprint density at radius 2 is 2.18 bits per heavy atom. The van der Waals surface area contributed by atoms with E-state index in [-0.39, 0.29) is 16.7 Å². The molecule has 6 nitrogen and oxygen atoms in total. The van der Waals surface area contributed by atoms with Crippen molar-refractivity contribution in [1.29, 1.82) is 0 Å². The van der Waals surface area contributed by atoms with E-state index in [1.54, 1.807) is 30.2 Å². The smallest absolute Gasteiger partial charge is 0.273 e. The average Bonchev–Trinajstić information content (AvgIpc) is 3.01. The SMILES string of the molecule is CCC(=O)N1CCCC(C)(C(=O)NS(=O)(=O)c2cccs2)C1. The maximum atomic E-state index is 12.5. The van der Waals surface area contributed by atoms with Crippen LogP contribution in [-0.2, 0) is 19.6 Å². The molecule has 2 amide bonds. The van der Waals surface area contributed by atoms with Gasteiger partial charge in [0.15, 0.2) is 0 Å². The molecule has 0 bridgehead atoms. The number of thiophene rings is 1. The van der Waals surface area contributed by atoms with Crippen LogP contribution in [0.25, 0.3) is 0 Å². The highest BCUT2D eigenvalue weighted by molar-refractivity contribution is 7.92. The molecule has 22 heavy (non-hydrogen) atoms. The summed E-state index contributed by atoms with van der Waals surface area (Å²) in [5.41, 5.74) is -0.882. The molecular weight excluding hydrogens is 324 g/mol. The van der Waals surface area contributed by atoms with E-state index < -0.39 is 21.3 Å². The molecule has 0 aromatic carbocycles. The van der Waals surface area contributed by atoms with Gasteiger partial charge in [-0.15, -0.1) is 11.3 Å². The second-order valence-electron chi connectivity index (χ2n) is 5.70. The molecular formula is C14H20N2O4S2. The molecule has 0 saturated carbocycles. The molecule has 122 valence electrons. The number of hydrogen-bond donors (Lipinski definition) is 1. The van der Waals surface area contributed by atoms with Crippen molar-refractivity contribution in [3.63, 3.8) is 0 Å².